The maximum absolute atomic E-state index is 13.4. The predicted molar refractivity (Wildman–Crippen MR) is 34.8 cm³/mol. The first kappa shape index (κ1) is 10.9. The normalized spacial score (nSPS) is 38.7. The molecule has 3 nitrogen and oxygen atoms in total. The number of esters is 2. The SMILES string of the molecule is CC1(F)C(=O)OC(=O)C1(C)C(F)(F)F. The molecular weight excluding hydrogens is 208 g/mol. The predicted octanol–water partition coefficient (Wildman–Crippen LogP) is 1.37. The van der Waals surface area contributed by atoms with Crippen molar-refractivity contribution in [2.24, 2.45) is 5.41 Å². The molecular formula is C7H6F4O3. The number of cyclic esters (lactones) is 2. The van der Waals surface area contributed by atoms with E-state index in [9.17, 15) is 27.2 Å². The largest absolute Gasteiger partial charge is 0.408 e. The van der Waals surface area contributed by atoms with E-state index in [-0.39, 0.29) is 0 Å². The number of hydrogen-bond acceptors (Lipinski definition) is 3. The summed E-state index contributed by atoms with van der Waals surface area (Å²) in [6.45, 7) is 0.688. The van der Waals surface area contributed by atoms with Crippen LogP contribution in [-0.2, 0) is 14.3 Å². The maximum atomic E-state index is 13.4. The van der Waals surface area contributed by atoms with E-state index >= 15 is 0 Å². The summed E-state index contributed by atoms with van der Waals surface area (Å²) < 4.78 is 54.1. The molecule has 1 aliphatic heterocycles. The molecule has 0 N–H and O–H groups in total. The average Bonchev–Trinajstić information content (AvgIpc) is 2.12. The van der Waals surface area contributed by atoms with Gasteiger partial charge in [-0.05, 0) is 13.8 Å². The number of halogens is 4. The third-order valence-corrected chi connectivity index (χ3v) is 2.48. The van der Waals surface area contributed by atoms with Crippen LogP contribution in [0.25, 0.3) is 0 Å². The van der Waals surface area contributed by atoms with E-state index in [0.29, 0.717) is 13.8 Å². The van der Waals surface area contributed by atoms with Gasteiger partial charge in [0.15, 0.2) is 0 Å². The lowest BCUT2D eigenvalue weighted by atomic mass is 9.77. The second-order valence-corrected chi connectivity index (χ2v) is 3.30. The summed E-state index contributed by atoms with van der Waals surface area (Å²) in [4.78, 5) is 21.4. The van der Waals surface area contributed by atoms with Gasteiger partial charge in [0.05, 0.1) is 0 Å². The van der Waals surface area contributed by atoms with Crippen molar-refractivity contribution in [2.75, 3.05) is 0 Å². The lowest BCUT2D eigenvalue weighted by Gasteiger charge is -2.29. The molecule has 1 heterocycles. The van der Waals surface area contributed by atoms with Gasteiger partial charge in [-0.3, -0.25) is 4.79 Å². The minimum Gasteiger partial charge on any atom is -0.390 e. The zero-order valence-corrected chi connectivity index (χ0v) is 7.24. The van der Waals surface area contributed by atoms with Crippen LogP contribution in [0.1, 0.15) is 13.8 Å². The van der Waals surface area contributed by atoms with Crippen molar-refractivity contribution >= 4 is 11.9 Å². The van der Waals surface area contributed by atoms with Gasteiger partial charge in [-0.25, -0.2) is 9.18 Å². The van der Waals surface area contributed by atoms with E-state index in [0.717, 1.165) is 0 Å². The first-order chi connectivity index (χ1) is 6.05. The summed E-state index contributed by atoms with van der Waals surface area (Å²) in [7, 11) is 0. The van der Waals surface area contributed by atoms with Crippen molar-refractivity contribution in [1.82, 2.24) is 0 Å². The van der Waals surface area contributed by atoms with Crippen molar-refractivity contribution < 1.29 is 31.9 Å². The quantitative estimate of drug-likeness (QED) is 0.347. The summed E-state index contributed by atoms with van der Waals surface area (Å²) >= 11 is 0. The van der Waals surface area contributed by atoms with Crippen molar-refractivity contribution in [3.63, 3.8) is 0 Å². The third-order valence-electron chi connectivity index (χ3n) is 2.48. The van der Waals surface area contributed by atoms with Crippen LogP contribution in [0.2, 0.25) is 0 Å². The fraction of sp³-hybridized carbons (Fsp3) is 0.714. The molecule has 14 heavy (non-hydrogen) atoms. The molecule has 2 unspecified atom stereocenters. The molecule has 0 aromatic carbocycles. The van der Waals surface area contributed by atoms with E-state index in [2.05, 4.69) is 4.74 Å². The summed E-state index contributed by atoms with van der Waals surface area (Å²) in [5.41, 5.74) is -6.79. The molecule has 0 aromatic heterocycles. The van der Waals surface area contributed by atoms with Gasteiger partial charge in [-0.2, -0.15) is 13.2 Å². The van der Waals surface area contributed by atoms with Crippen molar-refractivity contribution in [2.45, 2.75) is 25.7 Å². The van der Waals surface area contributed by atoms with Gasteiger partial charge in [0.1, 0.15) is 0 Å². The Balaban J connectivity index is 3.34. The molecule has 0 spiro atoms. The van der Waals surface area contributed by atoms with Gasteiger partial charge in [-0.1, -0.05) is 0 Å². The van der Waals surface area contributed by atoms with Crippen LogP contribution in [0.3, 0.4) is 0 Å². The molecule has 2 atom stereocenters. The van der Waals surface area contributed by atoms with E-state index < -0.39 is 29.2 Å². The molecule has 1 saturated heterocycles. The first-order valence-corrected chi connectivity index (χ1v) is 3.57. The Bertz CT molecular complexity index is 307. The lowest BCUT2D eigenvalue weighted by molar-refractivity contribution is -0.240. The molecule has 1 aliphatic rings. The molecule has 0 radical (unpaired) electrons. The molecule has 1 fully saturated rings. The second kappa shape index (κ2) is 2.46. The fourth-order valence-electron chi connectivity index (χ4n) is 1.06. The summed E-state index contributed by atoms with van der Waals surface area (Å²) in [6, 6.07) is 0. The number of hydrogen-bond donors (Lipinski definition) is 0. The van der Waals surface area contributed by atoms with Crippen molar-refractivity contribution in [3.8, 4) is 0 Å². The highest BCUT2D eigenvalue weighted by atomic mass is 19.4. The van der Waals surface area contributed by atoms with Gasteiger partial charge in [0, 0.05) is 0 Å². The van der Waals surface area contributed by atoms with Gasteiger partial charge < -0.3 is 4.74 Å². The Labute approximate surface area is 76.0 Å². The highest BCUT2D eigenvalue weighted by Gasteiger charge is 2.76. The topological polar surface area (TPSA) is 43.4 Å². The fourth-order valence-corrected chi connectivity index (χ4v) is 1.06. The molecule has 0 amide bonds. The van der Waals surface area contributed by atoms with Gasteiger partial charge in [0.2, 0.25) is 11.1 Å². The Morgan fingerprint density at radius 2 is 1.57 bits per heavy atom. The molecule has 0 bridgehead atoms. The van der Waals surface area contributed by atoms with E-state index in [1.165, 1.54) is 0 Å². The highest BCUT2D eigenvalue weighted by Crippen LogP contribution is 2.53. The zero-order chi connectivity index (χ0) is 11.4. The number of alkyl halides is 4. The van der Waals surface area contributed by atoms with E-state index in [4.69, 9.17) is 0 Å². The van der Waals surface area contributed by atoms with E-state index in [1.807, 2.05) is 0 Å². The molecule has 7 heteroatoms. The van der Waals surface area contributed by atoms with Crippen LogP contribution < -0.4 is 0 Å². The molecule has 0 aliphatic carbocycles. The van der Waals surface area contributed by atoms with Crippen LogP contribution in [0.15, 0.2) is 0 Å². The molecule has 0 saturated carbocycles. The van der Waals surface area contributed by atoms with Crippen LogP contribution in [-0.4, -0.2) is 23.8 Å². The maximum Gasteiger partial charge on any atom is 0.408 e. The van der Waals surface area contributed by atoms with E-state index in [1.54, 1.807) is 0 Å². The third kappa shape index (κ3) is 0.978. The number of carbonyl (C=O) groups is 2. The molecule has 0 aromatic rings. The number of carbonyl (C=O) groups excluding carboxylic acids is 2. The standard InChI is InChI=1S/C7H6F4O3/c1-5(7(9,10)11)3(12)14-4(13)6(5,2)8/h1-2H3. The minimum absolute atomic E-state index is 0.306. The number of ether oxygens (including phenoxy) is 1. The lowest BCUT2D eigenvalue weighted by Crippen LogP contribution is -2.53. The first-order valence-electron chi connectivity index (χ1n) is 3.57. The number of rotatable bonds is 0. The van der Waals surface area contributed by atoms with Gasteiger partial charge >= 0.3 is 18.1 Å². The van der Waals surface area contributed by atoms with Gasteiger partial charge in [0.25, 0.3) is 0 Å². The van der Waals surface area contributed by atoms with Crippen LogP contribution in [0.4, 0.5) is 17.6 Å². The average molecular weight is 214 g/mol. The van der Waals surface area contributed by atoms with Gasteiger partial charge in [-0.15, -0.1) is 0 Å². The highest BCUT2D eigenvalue weighted by molar-refractivity contribution is 6.03. The minimum atomic E-state index is -5.17. The molecule has 80 valence electrons. The van der Waals surface area contributed by atoms with Crippen LogP contribution in [0.5, 0.6) is 0 Å². The monoisotopic (exact) mass is 214 g/mol. The zero-order valence-electron chi connectivity index (χ0n) is 7.24. The van der Waals surface area contributed by atoms with Crippen molar-refractivity contribution in [1.29, 1.82) is 0 Å². The smallest absolute Gasteiger partial charge is 0.390 e. The second-order valence-electron chi connectivity index (χ2n) is 3.30. The van der Waals surface area contributed by atoms with Crippen LogP contribution >= 0.6 is 0 Å². The summed E-state index contributed by atoms with van der Waals surface area (Å²) in [5, 5.41) is 0. The van der Waals surface area contributed by atoms with Crippen molar-refractivity contribution in [3.05, 3.63) is 0 Å². The molecule has 1 rings (SSSR count). The Morgan fingerprint density at radius 1 is 1.14 bits per heavy atom. The Morgan fingerprint density at radius 3 is 1.71 bits per heavy atom. The Kier molecular flexibility index (Phi) is 1.92. The summed E-state index contributed by atoms with van der Waals surface area (Å²) in [5.74, 6) is -3.71. The summed E-state index contributed by atoms with van der Waals surface area (Å²) in [6.07, 6.45) is -5.17. The Hall–Kier alpha value is -1.14. The van der Waals surface area contributed by atoms with Crippen LogP contribution in [0, 0.1) is 5.41 Å².